The number of nitrogens with zero attached hydrogens (tertiary/aromatic N) is 3. The van der Waals surface area contributed by atoms with E-state index in [2.05, 4.69) is 64.2 Å². The van der Waals surface area contributed by atoms with Gasteiger partial charge in [0.25, 0.3) is 5.91 Å². The molecule has 1 aromatic heterocycles. The molecule has 4 rings (SSSR count). The summed E-state index contributed by atoms with van der Waals surface area (Å²) in [6.07, 6.45) is 1.70. The third-order valence-corrected chi connectivity index (χ3v) is 5.50. The third kappa shape index (κ3) is 4.08. The molecule has 4 aromatic rings. The first-order valence-corrected chi connectivity index (χ1v) is 10.2. The molecule has 156 valence electrons. The van der Waals surface area contributed by atoms with Crippen LogP contribution in [0.2, 0.25) is 0 Å². The van der Waals surface area contributed by atoms with Crippen LogP contribution in [0.5, 0.6) is 0 Å². The Bertz CT molecular complexity index is 1260. The number of rotatable bonds is 5. The molecule has 0 spiro atoms. The van der Waals surface area contributed by atoms with Crippen LogP contribution < -0.4 is 10.3 Å². The average Bonchev–Trinajstić information content (AvgIpc) is 3.06. The minimum Gasteiger partial charge on any atom is -0.378 e. The fraction of sp³-hybridized carbons (Fsp3) is 0.154. The standard InChI is InChI=1S/C26H26N4O/c1-18-16-21(19(2)30(18)23-14-12-22(13-15-23)29(3)4)17-27-28-26(31)25-11-7-9-20-8-5-6-10-24(20)25/h5-17H,1-4H3,(H,28,31). The Morgan fingerprint density at radius 1 is 0.968 bits per heavy atom. The van der Waals surface area contributed by atoms with Crippen molar-refractivity contribution < 1.29 is 4.79 Å². The highest BCUT2D eigenvalue weighted by atomic mass is 16.2. The molecule has 1 amide bonds. The smallest absolute Gasteiger partial charge is 0.271 e. The number of anilines is 1. The number of hydrazone groups is 1. The lowest BCUT2D eigenvalue weighted by Crippen LogP contribution is -2.18. The van der Waals surface area contributed by atoms with Crippen LogP contribution in [0.4, 0.5) is 5.69 Å². The first-order valence-electron chi connectivity index (χ1n) is 10.2. The maximum atomic E-state index is 12.7. The Hall–Kier alpha value is -3.86. The van der Waals surface area contributed by atoms with Crippen LogP contribution in [0.15, 0.2) is 77.9 Å². The van der Waals surface area contributed by atoms with Gasteiger partial charge in [0, 0.05) is 48.0 Å². The topological polar surface area (TPSA) is 49.6 Å². The van der Waals surface area contributed by atoms with E-state index in [4.69, 9.17) is 0 Å². The van der Waals surface area contributed by atoms with Crippen molar-refractivity contribution in [2.24, 2.45) is 5.10 Å². The summed E-state index contributed by atoms with van der Waals surface area (Å²) >= 11 is 0. The lowest BCUT2D eigenvalue weighted by Gasteiger charge is -2.14. The molecule has 0 unspecified atom stereocenters. The van der Waals surface area contributed by atoms with Crippen molar-refractivity contribution in [3.8, 4) is 5.69 Å². The van der Waals surface area contributed by atoms with E-state index in [0.717, 1.165) is 39.1 Å². The molecule has 3 aromatic carbocycles. The van der Waals surface area contributed by atoms with Crippen LogP contribution in [-0.4, -0.2) is 30.8 Å². The molecule has 0 radical (unpaired) electrons. The van der Waals surface area contributed by atoms with Crippen molar-refractivity contribution in [3.05, 3.63) is 95.3 Å². The van der Waals surface area contributed by atoms with Crippen LogP contribution in [0.3, 0.4) is 0 Å². The molecule has 0 bridgehead atoms. The molecule has 0 aliphatic carbocycles. The Morgan fingerprint density at radius 3 is 2.42 bits per heavy atom. The van der Waals surface area contributed by atoms with Crippen LogP contribution in [0, 0.1) is 13.8 Å². The summed E-state index contributed by atoms with van der Waals surface area (Å²) in [7, 11) is 4.06. The third-order valence-electron chi connectivity index (χ3n) is 5.50. The number of aromatic nitrogens is 1. The van der Waals surface area contributed by atoms with Gasteiger partial charge in [-0.1, -0.05) is 36.4 Å². The van der Waals surface area contributed by atoms with Gasteiger partial charge in [-0.05, 0) is 61.0 Å². The summed E-state index contributed by atoms with van der Waals surface area (Å²) in [5, 5.41) is 6.17. The number of hydrogen-bond donors (Lipinski definition) is 1. The molecule has 5 nitrogen and oxygen atoms in total. The highest BCUT2D eigenvalue weighted by Crippen LogP contribution is 2.22. The van der Waals surface area contributed by atoms with Crippen LogP contribution in [0.1, 0.15) is 27.3 Å². The summed E-state index contributed by atoms with van der Waals surface area (Å²) < 4.78 is 2.19. The molecule has 0 aliphatic rings. The van der Waals surface area contributed by atoms with E-state index in [1.807, 2.05) is 56.6 Å². The zero-order valence-electron chi connectivity index (χ0n) is 18.3. The first kappa shape index (κ1) is 20.4. The molecule has 0 saturated heterocycles. The number of hydrogen-bond acceptors (Lipinski definition) is 3. The van der Waals surface area contributed by atoms with Gasteiger partial charge in [-0.2, -0.15) is 5.10 Å². The lowest BCUT2D eigenvalue weighted by atomic mass is 10.0. The van der Waals surface area contributed by atoms with Gasteiger partial charge in [0.15, 0.2) is 0 Å². The normalized spacial score (nSPS) is 11.2. The van der Waals surface area contributed by atoms with E-state index in [1.165, 1.54) is 0 Å². The number of carbonyl (C=O) groups is 1. The largest absolute Gasteiger partial charge is 0.378 e. The fourth-order valence-corrected chi connectivity index (χ4v) is 3.86. The van der Waals surface area contributed by atoms with Gasteiger partial charge in [-0.25, -0.2) is 5.43 Å². The summed E-state index contributed by atoms with van der Waals surface area (Å²) in [6, 6.07) is 24.0. The number of fused-ring (bicyclic) bond motifs is 1. The molecule has 31 heavy (non-hydrogen) atoms. The van der Waals surface area contributed by atoms with E-state index in [9.17, 15) is 4.79 Å². The average molecular weight is 411 g/mol. The SMILES string of the molecule is Cc1cc(C=NNC(=O)c2cccc3ccccc23)c(C)n1-c1ccc(N(C)C)cc1. The highest BCUT2D eigenvalue weighted by Gasteiger charge is 2.11. The van der Waals surface area contributed by atoms with E-state index < -0.39 is 0 Å². The van der Waals surface area contributed by atoms with Gasteiger partial charge in [-0.3, -0.25) is 4.79 Å². The molecule has 1 N–H and O–H groups in total. The second kappa shape index (κ2) is 8.48. The van der Waals surface area contributed by atoms with E-state index in [0.29, 0.717) is 5.56 Å². The van der Waals surface area contributed by atoms with Gasteiger partial charge in [0.1, 0.15) is 0 Å². The number of aryl methyl sites for hydroxylation is 1. The summed E-state index contributed by atoms with van der Waals surface area (Å²) in [5.74, 6) is -0.221. The predicted octanol–water partition coefficient (Wildman–Crippen LogP) is 5.08. The van der Waals surface area contributed by atoms with Crippen molar-refractivity contribution in [1.29, 1.82) is 0 Å². The molecular formula is C26H26N4O. The second-order valence-electron chi connectivity index (χ2n) is 7.80. The quantitative estimate of drug-likeness (QED) is 0.369. The van der Waals surface area contributed by atoms with E-state index in [-0.39, 0.29) is 5.91 Å². The lowest BCUT2D eigenvalue weighted by molar-refractivity contribution is 0.0957. The van der Waals surface area contributed by atoms with Crippen LogP contribution in [-0.2, 0) is 0 Å². The van der Waals surface area contributed by atoms with Crippen molar-refractivity contribution >= 4 is 28.6 Å². The minimum atomic E-state index is -0.221. The maximum Gasteiger partial charge on any atom is 0.271 e. The minimum absolute atomic E-state index is 0.221. The van der Waals surface area contributed by atoms with Crippen LogP contribution >= 0.6 is 0 Å². The molecule has 0 saturated carbocycles. The Balaban J connectivity index is 1.54. The van der Waals surface area contributed by atoms with Gasteiger partial charge < -0.3 is 9.47 Å². The van der Waals surface area contributed by atoms with Crippen molar-refractivity contribution in [2.75, 3.05) is 19.0 Å². The van der Waals surface area contributed by atoms with Crippen molar-refractivity contribution in [2.45, 2.75) is 13.8 Å². The monoisotopic (exact) mass is 410 g/mol. The zero-order chi connectivity index (χ0) is 22.0. The van der Waals surface area contributed by atoms with Crippen molar-refractivity contribution in [1.82, 2.24) is 9.99 Å². The van der Waals surface area contributed by atoms with Gasteiger partial charge in [0.2, 0.25) is 0 Å². The molecule has 0 atom stereocenters. The fourth-order valence-electron chi connectivity index (χ4n) is 3.86. The number of carbonyl (C=O) groups excluding carboxylic acids is 1. The number of benzene rings is 3. The van der Waals surface area contributed by atoms with Gasteiger partial charge in [0.05, 0.1) is 6.21 Å². The first-order chi connectivity index (χ1) is 15.0. The van der Waals surface area contributed by atoms with Crippen molar-refractivity contribution in [3.63, 3.8) is 0 Å². The molecular weight excluding hydrogens is 384 g/mol. The van der Waals surface area contributed by atoms with Crippen LogP contribution in [0.25, 0.3) is 16.5 Å². The Kier molecular flexibility index (Phi) is 5.58. The number of amides is 1. The Morgan fingerprint density at radius 2 is 1.68 bits per heavy atom. The highest BCUT2D eigenvalue weighted by molar-refractivity contribution is 6.07. The summed E-state index contributed by atoms with van der Waals surface area (Å²) in [6.45, 7) is 4.12. The van der Waals surface area contributed by atoms with Gasteiger partial charge >= 0.3 is 0 Å². The zero-order valence-corrected chi connectivity index (χ0v) is 18.3. The summed E-state index contributed by atoms with van der Waals surface area (Å²) in [5.41, 5.74) is 8.68. The second-order valence-corrected chi connectivity index (χ2v) is 7.80. The molecule has 1 heterocycles. The summed E-state index contributed by atoms with van der Waals surface area (Å²) in [4.78, 5) is 14.8. The van der Waals surface area contributed by atoms with Gasteiger partial charge in [-0.15, -0.1) is 0 Å². The number of nitrogens with one attached hydrogen (secondary N) is 1. The predicted molar refractivity (Wildman–Crippen MR) is 129 cm³/mol. The van der Waals surface area contributed by atoms with E-state index >= 15 is 0 Å². The Labute approximate surface area is 182 Å². The molecule has 0 aliphatic heterocycles. The molecule has 5 heteroatoms. The van der Waals surface area contributed by atoms with E-state index in [1.54, 1.807) is 6.21 Å². The molecule has 0 fully saturated rings. The maximum absolute atomic E-state index is 12.7.